The van der Waals surface area contributed by atoms with Crippen LogP contribution in [0.2, 0.25) is 0 Å². The van der Waals surface area contributed by atoms with Crippen LogP contribution in [0.25, 0.3) is 6.08 Å². The Hall–Kier alpha value is -2.29. The van der Waals surface area contributed by atoms with Crippen molar-refractivity contribution in [2.75, 3.05) is 0 Å². The van der Waals surface area contributed by atoms with E-state index in [1.165, 1.54) is 0 Å². The molecular weight excluding hydrogens is 346 g/mol. The molecule has 0 aliphatic carbocycles. The number of hydrogen-bond acceptors (Lipinski definition) is 2. The summed E-state index contributed by atoms with van der Waals surface area (Å²) in [6, 6.07) is 1.04. The molecule has 122 valence electrons. The van der Waals surface area contributed by atoms with Crippen molar-refractivity contribution in [1.82, 2.24) is 0 Å². The van der Waals surface area contributed by atoms with Gasteiger partial charge in [0, 0.05) is 0 Å². The maximum absolute atomic E-state index is 13.9. The van der Waals surface area contributed by atoms with Crippen molar-refractivity contribution in [1.29, 1.82) is 0 Å². The fourth-order valence-electron chi connectivity index (χ4n) is 1.81. The molecule has 0 fully saturated rings. The average Bonchev–Trinajstić information content (AvgIpc) is 2.48. The summed E-state index contributed by atoms with van der Waals surface area (Å²) in [6.45, 7) is 2.95. The summed E-state index contributed by atoms with van der Waals surface area (Å²) in [4.78, 5) is -3.01. The Kier molecular flexibility index (Phi) is 4.25. The van der Waals surface area contributed by atoms with Gasteiger partial charge in [0.1, 0.15) is 4.90 Å². The third kappa shape index (κ3) is 2.61. The normalized spacial score (nSPS) is 11.6. The minimum absolute atomic E-state index is 0.140. The first-order valence-corrected chi connectivity index (χ1v) is 7.29. The smallest absolute Gasteiger partial charge is 0.212 e. The lowest BCUT2D eigenvalue weighted by atomic mass is 10.2. The topological polar surface area (TPSA) is 34.1 Å². The van der Waals surface area contributed by atoms with Gasteiger partial charge >= 0.3 is 0 Å². The van der Waals surface area contributed by atoms with Gasteiger partial charge in [0.15, 0.2) is 34.9 Å². The van der Waals surface area contributed by atoms with Crippen LogP contribution >= 0.6 is 0 Å². The van der Waals surface area contributed by atoms with Crippen LogP contribution in [0.1, 0.15) is 5.56 Å². The zero-order valence-electron chi connectivity index (χ0n) is 11.0. The molecule has 0 amide bonds. The summed E-state index contributed by atoms with van der Waals surface area (Å²) in [6.07, 6.45) is 0.463. The summed E-state index contributed by atoms with van der Waals surface area (Å²) < 4.78 is 105. The third-order valence-electron chi connectivity index (χ3n) is 2.93. The molecule has 0 N–H and O–H groups in total. The lowest BCUT2D eigenvalue weighted by Crippen LogP contribution is -2.13. The Bertz CT molecular complexity index is 892. The van der Waals surface area contributed by atoms with E-state index in [4.69, 9.17) is 0 Å². The fraction of sp³-hybridized carbons (Fsp3) is 0. The number of sulfone groups is 1. The second-order valence-electron chi connectivity index (χ2n) is 4.28. The predicted molar refractivity (Wildman–Crippen MR) is 68.2 cm³/mol. The van der Waals surface area contributed by atoms with Crippen molar-refractivity contribution in [2.24, 2.45) is 0 Å². The molecule has 23 heavy (non-hydrogen) atoms. The number of benzene rings is 2. The maximum Gasteiger partial charge on any atom is 0.212 e. The van der Waals surface area contributed by atoms with Crippen LogP contribution in [0.5, 0.6) is 0 Å². The highest BCUT2D eigenvalue weighted by Crippen LogP contribution is 2.32. The molecule has 0 atom stereocenters. The Morgan fingerprint density at radius 2 is 1.35 bits per heavy atom. The van der Waals surface area contributed by atoms with E-state index < -0.39 is 60.1 Å². The molecular formula is C14H6F6O2S. The standard InChI is InChI=1S/C14H6F6O2S/c1-2-7-10(17)12(19)14(13(20)11(7)18)23(21,22)6-3-4-8(15)9(16)5-6/h2-5H,1H2. The molecule has 2 aromatic carbocycles. The van der Waals surface area contributed by atoms with Crippen LogP contribution in [0.15, 0.2) is 34.6 Å². The zero-order valence-corrected chi connectivity index (χ0v) is 11.8. The Morgan fingerprint density at radius 1 is 0.826 bits per heavy atom. The van der Waals surface area contributed by atoms with Gasteiger partial charge in [-0.3, -0.25) is 0 Å². The molecule has 0 saturated carbocycles. The van der Waals surface area contributed by atoms with Crippen molar-refractivity contribution >= 4 is 15.9 Å². The summed E-state index contributed by atoms with van der Waals surface area (Å²) >= 11 is 0. The van der Waals surface area contributed by atoms with Gasteiger partial charge in [-0.25, -0.2) is 34.8 Å². The lowest BCUT2D eigenvalue weighted by Gasteiger charge is -2.11. The average molecular weight is 352 g/mol. The van der Waals surface area contributed by atoms with Crippen molar-refractivity contribution in [3.05, 3.63) is 65.2 Å². The van der Waals surface area contributed by atoms with Crippen LogP contribution in [0.3, 0.4) is 0 Å². The van der Waals surface area contributed by atoms with Crippen LogP contribution in [0, 0.1) is 34.9 Å². The quantitative estimate of drug-likeness (QED) is 0.475. The van der Waals surface area contributed by atoms with Gasteiger partial charge in [0.25, 0.3) is 0 Å². The summed E-state index contributed by atoms with van der Waals surface area (Å²) in [5, 5.41) is 0. The maximum atomic E-state index is 13.9. The molecule has 0 heterocycles. The van der Waals surface area contributed by atoms with E-state index in [2.05, 4.69) is 6.58 Å². The first-order chi connectivity index (χ1) is 10.6. The Balaban J connectivity index is 2.84. The third-order valence-corrected chi connectivity index (χ3v) is 4.70. The summed E-state index contributed by atoms with van der Waals surface area (Å²) in [5.74, 6) is -11.4. The van der Waals surface area contributed by atoms with Crippen molar-refractivity contribution in [3.63, 3.8) is 0 Å². The van der Waals surface area contributed by atoms with E-state index in [9.17, 15) is 34.8 Å². The summed E-state index contributed by atoms with van der Waals surface area (Å²) in [7, 11) is -5.18. The predicted octanol–water partition coefficient (Wildman–Crippen LogP) is 4.00. The molecule has 0 aliphatic heterocycles. The number of hydrogen-bond donors (Lipinski definition) is 0. The van der Waals surface area contributed by atoms with Crippen LogP contribution < -0.4 is 0 Å². The molecule has 2 nitrogen and oxygen atoms in total. The first kappa shape index (κ1) is 17.1. The number of rotatable bonds is 3. The molecule has 2 aromatic rings. The highest BCUT2D eigenvalue weighted by Gasteiger charge is 2.33. The number of halogens is 6. The molecule has 9 heteroatoms. The summed E-state index contributed by atoms with van der Waals surface area (Å²) in [5.41, 5.74) is -1.19. The lowest BCUT2D eigenvalue weighted by molar-refractivity contribution is 0.417. The van der Waals surface area contributed by atoms with E-state index in [1.54, 1.807) is 0 Å². The van der Waals surface area contributed by atoms with Crippen molar-refractivity contribution in [3.8, 4) is 0 Å². The second-order valence-corrected chi connectivity index (χ2v) is 6.17. The fourth-order valence-corrected chi connectivity index (χ4v) is 3.20. The van der Waals surface area contributed by atoms with E-state index in [1.807, 2.05) is 0 Å². The van der Waals surface area contributed by atoms with Gasteiger partial charge in [0.05, 0.1) is 10.5 Å². The highest BCUT2D eigenvalue weighted by atomic mass is 32.2. The second kappa shape index (κ2) is 5.73. The Morgan fingerprint density at radius 3 is 1.78 bits per heavy atom. The molecule has 0 unspecified atom stereocenters. The van der Waals surface area contributed by atoms with Crippen molar-refractivity contribution < 1.29 is 34.8 Å². The molecule has 0 aliphatic rings. The zero-order chi connectivity index (χ0) is 17.5. The van der Waals surface area contributed by atoms with E-state index in [0.29, 0.717) is 18.2 Å². The van der Waals surface area contributed by atoms with Crippen molar-refractivity contribution in [2.45, 2.75) is 9.79 Å². The molecule has 0 bridgehead atoms. The monoisotopic (exact) mass is 352 g/mol. The molecule has 2 rings (SSSR count). The molecule has 0 spiro atoms. The van der Waals surface area contributed by atoms with E-state index in [-0.39, 0.29) is 6.07 Å². The minimum Gasteiger partial charge on any atom is -0.218 e. The van der Waals surface area contributed by atoms with Gasteiger partial charge in [-0.2, -0.15) is 0 Å². The SMILES string of the molecule is C=Cc1c(F)c(F)c(S(=O)(=O)c2ccc(F)c(F)c2)c(F)c1F. The van der Waals surface area contributed by atoms with Gasteiger partial charge in [-0.1, -0.05) is 12.7 Å². The molecule has 0 saturated heterocycles. The van der Waals surface area contributed by atoms with Crippen LogP contribution in [-0.2, 0) is 9.84 Å². The molecule has 0 aromatic heterocycles. The van der Waals surface area contributed by atoms with Gasteiger partial charge in [-0.05, 0) is 18.2 Å². The van der Waals surface area contributed by atoms with Crippen LogP contribution in [-0.4, -0.2) is 8.42 Å². The highest BCUT2D eigenvalue weighted by molar-refractivity contribution is 7.91. The Labute approximate surface area is 126 Å². The van der Waals surface area contributed by atoms with Gasteiger partial charge in [-0.15, -0.1) is 0 Å². The molecule has 0 radical (unpaired) electrons. The van der Waals surface area contributed by atoms with Gasteiger partial charge < -0.3 is 0 Å². The minimum atomic E-state index is -5.18. The largest absolute Gasteiger partial charge is 0.218 e. The van der Waals surface area contributed by atoms with E-state index >= 15 is 0 Å². The first-order valence-electron chi connectivity index (χ1n) is 5.81. The van der Waals surface area contributed by atoms with Crippen LogP contribution in [0.4, 0.5) is 26.3 Å². The van der Waals surface area contributed by atoms with E-state index in [0.717, 1.165) is 0 Å². The van der Waals surface area contributed by atoms with Gasteiger partial charge in [0.2, 0.25) is 9.84 Å².